The molecule has 160 valence electrons. The largest absolute Gasteiger partial charge is 0.380 e. The Kier molecular flexibility index (Phi) is 5.54. The summed E-state index contributed by atoms with van der Waals surface area (Å²) in [6.45, 7) is 5.26. The Hall–Kier alpha value is -4.66. The third kappa shape index (κ3) is 4.41. The number of anilines is 4. The van der Waals surface area contributed by atoms with Crippen molar-refractivity contribution in [3.8, 4) is 11.1 Å². The van der Waals surface area contributed by atoms with E-state index >= 15 is 0 Å². The number of amides is 3. The Morgan fingerprint density at radius 2 is 1.53 bits per heavy atom. The van der Waals surface area contributed by atoms with Gasteiger partial charge in [-0.2, -0.15) is 0 Å². The Labute approximate surface area is 183 Å². The number of carbonyl (C=O) groups is 2. The molecule has 0 aliphatic rings. The minimum absolute atomic E-state index is 0.277. The zero-order valence-corrected chi connectivity index (χ0v) is 17.2. The molecule has 2 heterocycles. The van der Waals surface area contributed by atoms with Gasteiger partial charge in [0.15, 0.2) is 5.82 Å². The first-order valence-electron chi connectivity index (χ1n) is 9.67. The van der Waals surface area contributed by atoms with E-state index in [9.17, 15) is 9.59 Å². The maximum atomic E-state index is 12.3. The normalized spacial score (nSPS) is 10.5. The second-order valence-electron chi connectivity index (χ2n) is 6.99. The van der Waals surface area contributed by atoms with Gasteiger partial charge in [-0.15, -0.1) is 0 Å². The summed E-state index contributed by atoms with van der Waals surface area (Å²) in [4.78, 5) is 27.9. The molecule has 5 N–H and O–H groups in total. The first-order valence-corrected chi connectivity index (χ1v) is 9.67. The minimum Gasteiger partial charge on any atom is -0.380 e. The van der Waals surface area contributed by atoms with E-state index in [1.165, 1.54) is 6.08 Å². The fourth-order valence-electron chi connectivity index (χ4n) is 3.18. The highest BCUT2D eigenvalue weighted by Gasteiger charge is 2.14. The maximum absolute atomic E-state index is 12.3. The molecule has 0 atom stereocenters. The molecule has 9 nitrogen and oxygen atoms in total. The second-order valence-corrected chi connectivity index (χ2v) is 6.99. The fourth-order valence-corrected chi connectivity index (χ4v) is 3.18. The zero-order chi connectivity index (χ0) is 22.7. The zero-order valence-electron chi connectivity index (χ0n) is 17.2. The quantitative estimate of drug-likeness (QED) is 0.344. The smallest absolute Gasteiger partial charge is 0.323 e. The average Bonchev–Trinajstić information content (AvgIpc) is 3.15. The lowest BCUT2D eigenvalue weighted by atomic mass is 10.0. The summed E-state index contributed by atoms with van der Waals surface area (Å²) < 4.78 is 5.18. The van der Waals surface area contributed by atoms with Gasteiger partial charge in [0, 0.05) is 28.3 Å². The topological polar surface area (TPSA) is 135 Å². The lowest BCUT2D eigenvalue weighted by Crippen LogP contribution is -2.19. The predicted octanol–water partition coefficient (Wildman–Crippen LogP) is 4.55. The number of urea groups is 1. The number of aryl methyl sites for hydroxylation is 1. The van der Waals surface area contributed by atoms with Crippen LogP contribution in [0.25, 0.3) is 22.2 Å². The van der Waals surface area contributed by atoms with Crippen molar-refractivity contribution in [1.82, 2.24) is 10.1 Å². The number of carbonyl (C=O) groups excluding carboxylic acids is 2. The maximum Gasteiger partial charge on any atom is 0.323 e. The van der Waals surface area contributed by atoms with Crippen molar-refractivity contribution in [2.45, 2.75) is 6.92 Å². The van der Waals surface area contributed by atoms with E-state index in [2.05, 4.69) is 32.7 Å². The SMILES string of the molecule is C=CC(=O)Nc1ccc(NC(=O)Nc2ccc(-c3cc(C)nc4onc(N)c34)cc2)cc1. The molecule has 0 radical (unpaired) electrons. The monoisotopic (exact) mass is 428 g/mol. The Bertz CT molecular complexity index is 1310. The molecule has 0 aliphatic carbocycles. The highest BCUT2D eigenvalue weighted by atomic mass is 16.5. The van der Waals surface area contributed by atoms with Crippen molar-refractivity contribution in [3.63, 3.8) is 0 Å². The molecule has 3 amide bonds. The van der Waals surface area contributed by atoms with E-state index in [0.717, 1.165) is 16.8 Å². The summed E-state index contributed by atoms with van der Waals surface area (Å²) in [6.07, 6.45) is 1.18. The predicted molar refractivity (Wildman–Crippen MR) is 124 cm³/mol. The van der Waals surface area contributed by atoms with Gasteiger partial charge in [0.1, 0.15) is 0 Å². The highest BCUT2D eigenvalue weighted by Crippen LogP contribution is 2.32. The molecule has 0 bridgehead atoms. The van der Waals surface area contributed by atoms with Crippen molar-refractivity contribution >= 4 is 45.9 Å². The van der Waals surface area contributed by atoms with Crippen LogP contribution in [-0.2, 0) is 4.79 Å². The lowest BCUT2D eigenvalue weighted by Gasteiger charge is -2.10. The molecule has 0 unspecified atom stereocenters. The van der Waals surface area contributed by atoms with Crippen molar-refractivity contribution in [2.24, 2.45) is 0 Å². The van der Waals surface area contributed by atoms with Crippen LogP contribution in [-0.4, -0.2) is 22.1 Å². The van der Waals surface area contributed by atoms with Crippen molar-refractivity contribution in [2.75, 3.05) is 21.7 Å². The standard InChI is InChI=1S/C23H20N6O3/c1-3-19(30)26-15-8-10-17(11-9-15)28-23(31)27-16-6-4-14(5-7-16)18-12-13(2)25-22-20(18)21(24)29-32-22/h3-12H,1H2,2H3,(H2,24,29)(H,26,30)(H2,27,28,31). The number of fused-ring (bicyclic) bond motifs is 1. The van der Waals surface area contributed by atoms with Gasteiger partial charge < -0.3 is 26.2 Å². The number of hydrogen-bond donors (Lipinski definition) is 4. The number of nitrogens with two attached hydrogens (primary N) is 1. The molecule has 2 aromatic heterocycles. The van der Waals surface area contributed by atoms with Crippen LogP contribution in [0.2, 0.25) is 0 Å². The molecule has 0 fully saturated rings. The fraction of sp³-hybridized carbons (Fsp3) is 0.0435. The van der Waals surface area contributed by atoms with Crippen LogP contribution in [0.3, 0.4) is 0 Å². The number of pyridine rings is 1. The molecule has 4 aromatic rings. The molecule has 9 heteroatoms. The molecule has 0 spiro atoms. The number of hydrogen-bond acceptors (Lipinski definition) is 6. The van der Waals surface area contributed by atoms with Crippen LogP contribution in [0.5, 0.6) is 0 Å². The molecule has 0 saturated carbocycles. The number of aromatic nitrogens is 2. The van der Waals surface area contributed by atoms with Gasteiger partial charge in [-0.1, -0.05) is 23.9 Å². The highest BCUT2D eigenvalue weighted by molar-refractivity contribution is 6.02. The summed E-state index contributed by atoms with van der Waals surface area (Å²) in [7, 11) is 0. The summed E-state index contributed by atoms with van der Waals surface area (Å²) in [6, 6.07) is 15.5. The van der Waals surface area contributed by atoms with Crippen molar-refractivity contribution < 1.29 is 14.1 Å². The molecular weight excluding hydrogens is 408 g/mol. The van der Waals surface area contributed by atoms with Gasteiger partial charge in [-0.3, -0.25) is 4.79 Å². The number of nitrogens with one attached hydrogen (secondary N) is 3. The summed E-state index contributed by atoms with van der Waals surface area (Å²) >= 11 is 0. The summed E-state index contributed by atoms with van der Waals surface area (Å²) in [5, 5.41) is 12.6. The van der Waals surface area contributed by atoms with Crippen molar-refractivity contribution in [1.29, 1.82) is 0 Å². The van der Waals surface area contributed by atoms with Gasteiger partial charge in [-0.05, 0) is 61.0 Å². The first kappa shape index (κ1) is 20.6. The van der Waals surface area contributed by atoms with Crippen LogP contribution < -0.4 is 21.7 Å². The van der Waals surface area contributed by atoms with Crippen LogP contribution in [0.4, 0.5) is 27.7 Å². The van der Waals surface area contributed by atoms with E-state index in [4.69, 9.17) is 10.3 Å². The van der Waals surface area contributed by atoms with Gasteiger partial charge >= 0.3 is 6.03 Å². The lowest BCUT2D eigenvalue weighted by molar-refractivity contribution is -0.111. The van der Waals surface area contributed by atoms with Crippen LogP contribution >= 0.6 is 0 Å². The van der Waals surface area contributed by atoms with E-state index in [1.54, 1.807) is 36.4 Å². The number of rotatable bonds is 5. The second kappa shape index (κ2) is 8.60. The third-order valence-electron chi connectivity index (χ3n) is 4.65. The Morgan fingerprint density at radius 3 is 2.12 bits per heavy atom. The molecule has 2 aromatic carbocycles. The Balaban J connectivity index is 1.44. The van der Waals surface area contributed by atoms with E-state index in [0.29, 0.717) is 28.2 Å². The molecular formula is C23H20N6O3. The van der Waals surface area contributed by atoms with Gasteiger partial charge in [0.2, 0.25) is 5.91 Å². The molecule has 0 aliphatic heterocycles. The van der Waals surface area contributed by atoms with Crippen LogP contribution in [0.1, 0.15) is 5.69 Å². The van der Waals surface area contributed by atoms with E-state index in [-0.39, 0.29) is 11.7 Å². The minimum atomic E-state index is -0.397. The molecule has 32 heavy (non-hydrogen) atoms. The van der Waals surface area contributed by atoms with E-state index < -0.39 is 6.03 Å². The average molecular weight is 428 g/mol. The number of benzene rings is 2. The summed E-state index contributed by atoms with van der Waals surface area (Å²) in [5.41, 5.74) is 10.6. The van der Waals surface area contributed by atoms with Gasteiger partial charge in [-0.25, -0.2) is 9.78 Å². The Morgan fingerprint density at radius 1 is 0.969 bits per heavy atom. The van der Waals surface area contributed by atoms with Crippen molar-refractivity contribution in [3.05, 3.63) is 72.9 Å². The first-order chi connectivity index (χ1) is 15.4. The van der Waals surface area contributed by atoms with E-state index in [1.807, 2.05) is 25.1 Å². The van der Waals surface area contributed by atoms with Crippen LogP contribution in [0, 0.1) is 6.92 Å². The number of nitrogen functional groups attached to an aromatic ring is 1. The molecule has 4 rings (SSSR count). The summed E-state index contributed by atoms with van der Waals surface area (Å²) in [5.74, 6) is -0.0274. The van der Waals surface area contributed by atoms with Gasteiger partial charge in [0.05, 0.1) is 5.39 Å². The molecule has 0 saturated heterocycles. The van der Waals surface area contributed by atoms with Crippen LogP contribution in [0.15, 0.2) is 71.8 Å². The third-order valence-corrected chi connectivity index (χ3v) is 4.65. The number of nitrogens with zero attached hydrogens (tertiary/aromatic N) is 2. The van der Waals surface area contributed by atoms with Gasteiger partial charge in [0.25, 0.3) is 5.71 Å².